The van der Waals surface area contributed by atoms with E-state index < -0.39 is 0 Å². The van der Waals surface area contributed by atoms with E-state index in [4.69, 9.17) is 4.74 Å². The number of benzene rings is 2. The number of hydrogen-bond acceptors (Lipinski definition) is 3. The molecule has 0 bridgehead atoms. The Kier molecular flexibility index (Phi) is 4.20. The monoisotopic (exact) mass is 308 g/mol. The van der Waals surface area contributed by atoms with Crippen LogP contribution in [0.3, 0.4) is 0 Å². The average molecular weight is 309 g/mol. The van der Waals surface area contributed by atoms with Crippen LogP contribution in [0.1, 0.15) is 6.42 Å². The zero-order valence-corrected chi connectivity index (χ0v) is 11.6. The van der Waals surface area contributed by atoms with Crippen LogP contribution in [0.15, 0.2) is 40.9 Å². The van der Waals surface area contributed by atoms with Crippen LogP contribution in [0, 0.1) is 0 Å². The van der Waals surface area contributed by atoms with Crippen molar-refractivity contribution in [2.75, 3.05) is 13.7 Å². The molecule has 0 saturated carbocycles. The summed E-state index contributed by atoms with van der Waals surface area (Å²) in [5.41, 5.74) is 0. The van der Waals surface area contributed by atoms with Gasteiger partial charge in [-0.1, -0.05) is 28.1 Å². The number of carbonyl (C=O) groups excluding carboxylic acids is 1. The molecule has 0 spiro atoms. The summed E-state index contributed by atoms with van der Waals surface area (Å²) in [6.45, 7) is 0.328. The van der Waals surface area contributed by atoms with E-state index in [0.717, 1.165) is 21.0 Å². The third-order valence-electron chi connectivity index (χ3n) is 2.58. The first-order valence-corrected chi connectivity index (χ1v) is 6.37. The first-order chi connectivity index (χ1) is 8.69. The minimum atomic E-state index is -0.264. The maximum Gasteiger partial charge on any atom is 0.308 e. The van der Waals surface area contributed by atoms with Gasteiger partial charge in [0.15, 0.2) is 0 Å². The van der Waals surface area contributed by atoms with Crippen molar-refractivity contribution in [1.82, 2.24) is 0 Å². The summed E-state index contributed by atoms with van der Waals surface area (Å²) in [7, 11) is 1.37. The van der Waals surface area contributed by atoms with Gasteiger partial charge in [-0.15, -0.1) is 0 Å². The molecule has 0 unspecified atom stereocenters. The molecule has 0 aromatic heterocycles. The van der Waals surface area contributed by atoms with Gasteiger partial charge in [0.25, 0.3) is 0 Å². The Labute approximate surface area is 114 Å². The number of halogens is 1. The van der Waals surface area contributed by atoms with Crippen molar-refractivity contribution in [1.29, 1.82) is 0 Å². The Balaban J connectivity index is 2.06. The Morgan fingerprint density at radius 1 is 1.17 bits per heavy atom. The fourth-order valence-electron chi connectivity index (χ4n) is 1.64. The van der Waals surface area contributed by atoms with E-state index in [0.29, 0.717) is 6.61 Å². The van der Waals surface area contributed by atoms with E-state index in [1.165, 1.54) is 7.11 Å². The van der Waals surface area contributed by atoms with Crippen molar-refractivity contribution in [2.45, 2.75) is 6.42 Å². The van der Waals surface area contributed by atoms with Crippen LogP contribution in [-0.2, 0) is 9.53 Å². The van der Waals surface area contributed by atoms with Gasteiger partial charge in [0, 0.05) is 4.47 Å². The number of methoxy groups -OCH3 is 1. The van der Waals surface area contributed by atoms with Crippen molar-refractivity contribution >= 4 is 32.7 Å². The topological polar surface area (TPSA) is 35.5 Å². The lowest BCUT2D eigenvalue weighted by molar-refractivity contribution is -0.141. The normalized spacial score (nSPS) is 10.3. The lowest BCUT2D eigenvalue weighted by Gasteiger charge is -2.06. The highest BCUT2D eigenvalue weighted by atomic mass is 79.9. The van der Waals surface area contributed by atoms with Gasteiger partial charge in [-0.05, 0) is 35.0 Å². The average Bonchev–Trinajstić information content (AvgIpc) is 2.38. The van der Waals surface area contributed by atoms with Crippen LogP contribution in [0.5, 0.6) is 5.75 Å². The van der Waals surface area contributed by atoms with Crippen molar-refractivity contribution < 1.29 is 14.3 Å². The van der Waals surface area contributed by atoms with E-state index >= 15 is 0 Å². The highest BCUT2D eigenvalue weighted by Gasteiger charge is 2.02. The Morgan fingerprint density at radius 2 is 1.89 bits per heavy atom. The Morgan fingerprint density at radius 3 is 2.67 bits per heavy atom. The number of ether oxygens (including phenoxy) is 2. The second-order valence-corrected chi connectivity index (χ2v) is 4.74. The van der Waals surface area contributed by atoms with Gasteiger partial charge in [0.2, 0.25) is 0 Å². The van der Waals surface area contributed by atoms with Crippen molar-refractivity contribution in [3.05, 3.63) is 40.9 Å². The standard InChI is InChI=1S/C14H13BrO3/c1-17-14(16)6-7-18-13-5-3-10-8-12(15)4-2-11(10)9-13/h2-5,8-9H,6-7H2,1H3. The minimum Gasteiger partial charge on any atom is -0.493 e. The second-order valence-electron chi connectivity index (χ2n) is 3.83. The molecule has 2 rings (SSSR count). The molecular formula is C14H13BrO3. The molecule has 3 nitrogen and oxygen atoms in total. The Hall–Kier alpha value is -1.55. The molecule has 0 fully saturated rings. The van der Waals surface area contributed by atoms with Crippen LogP contribution in [-0.4, -0.2) is 19.7 Å². The van der Waals surface area contributed by atoms with Crippen molar-refractivity contribution in [3.63, 3.8) is 0 Å². The van der Waals surface area contributed by atoms with Crippen LogP contribution in [0.4, 0.5) is 0 Å². The number of carbonyl (C=O) groups is 1. The fourth-order valence-corrected chi connectivity index (χ4v) is 2.02. The molecule has 0 aliphatic carbocycles. The quantitative estimate of drug-likeness (QED) is 0.810. The highest BCUT2D eigenvalue weighted by Crippen LogP contribution is 2.24. The molecule has 0 saturated heterocycles. The zero-order valence-electron chi connectivity index (χ0n) is 9.98. The van der Waals surface area contributed by atoms with Crippen molar-refractivity contribution in [3.8, 4) is 5.75 Å². The van der Waals surface area contributed by atoms with Crippen LogP contribution in [0.25, 0.3) is 10.8 Å². The predicted octanol–water partition coefficient (Wildman–Crippen LogP) is 3.54. The third-order valence-corrected chi connectivity index (χ3v) is 3.07. The summed E-state index contributed by atoms with van der Waals surface area (Å²) >= 11 is 3.43. The fraction of sp³-hybridized carbons (Fsp3) is 0.214. The van der Waals surface area contributed by atoms with Crippen molar-refractivity contribution in [2.24, 2.45) is 0 Å². The third kappa shape index (κ3) is 3.23. The van der Waals surface area contributed by atoms with E-state index in [-0.39, 0.29) is 12.4 Å². The smallest absolute Gasteiger partial charge is 0.308 e. The summed E-state index contributed by atoms with van der Waals surface area (Å²) in [6.07, 6.45) is 0.259. The van der Waals surface area contributed by atoms with E-state index in [9.17, 15) is 4.79 Å². The van der Waals surface area contributed by atoms with Gasteiger partial charge in [0.05, 0.1) is 20.1 Å². The van der Waals surface area contributed by atoms with Crippen LogP contribution < -0.4 is 4.74 Å². The summed E-state index contributed by atoms with van der Waals surface area (Å²) < 4.78 is 11.1. The number of rotatable bonds is 4. The summed E-state index contributed by atoms with van der Waals surface area (Å²) in [5, 5.41) is 2.25. The summed E-state index contributed by atoms with van der Waals surface area (Å²) in [5.74, 6) is 0.494. The molecule has 2 aromatic carbocycles. The zero-order chi connectivity index (χ0) is 13.0. The first kappa shape index (κ1) is 12.9. The van der Waals surface area contributed by atoms with Gasteiger partial charge < -0.3 is 9.47 Å². The molecule has 4 heteroatoms. The predicted molar refractivity (Wildman–Crippen MR) is 73.8 cm³/mol. The minimum absolute atomic E-state index is 0.259. The Bertz CT molecular complexity index is 566. The molecule has 2 aromatic rings. The van der Waals surface area contributed by atoms with E-state index in [1.54, 1.807) is 0 Å². The SMILES string of the molecule is COC(=O)CCOc1ccc2cc(Br)ccc2c1. The molecule has 0 heterocycles. The van der Waals surface area contributed by atoms with E-state index in [1.807, 2.05) is 36.4 Å². The van der Waals surface area contributed by atoms with Gasteiger partial charge >= 0.3 is 5.97 Å². The lowest BCUT2D eigenvalue weighted by Crippen LogP contribution is -2.07. The van der Waals surface area contributed by atoms with Gasteiger partial charge in [0.1, 0.15) is 5.75 Å². The molecule has 18 heavy (non-hydrogen) atoms. The maximum absolute atomic E-state index is 10.9. The highest BCUT2D eigenvalue weighted by molar-refractivity contribution is 9.10. The molecule has 0 atom stereocenters. The molecule has 0 aliphatic heterocycles. The number of hydrogen-bond donors (Lipinski definition) is 0. The molecule has 0 aliphatic rings. The summed E-state index contributed by atoms with van der Waals surface area (Å²) in [4.78, 5) is 10.9. The maximum atomic E-state index is 10.9. The van der Waals surface area contributed by atoms with Gasteiger partial charge in [-0.2, -0.15) is 0 Å². The van der Waals surface area contributed by atoms with Gasteiger partial charge in [-0.3, -0.25) is 4.79 Å². The number of fused-ring (bicyclic) bond motifs is 1. The summed E-state index contributed by atoms with van der Waals surface area (Å²) in [6, 6.07) is 11.9. The lowest BCUT2D eigenvalue weighted by atomic mass is 10.1. The largest absolute Gasteiger partial charge is 0.493 e. The number of esters is 1. The van der Waals surface area contributed by atoms with Crippen LogP contribution in [0.2, 0.25) is 0 Å². The van der Waals surface area contributed by atoms with Crippen LogP contribution >= 0.6 is 15.9 Å². The molecule has 0 radical (unpaired) electrons. The first-order valence-electron chi connectivity index (χ1n) is 5.58. The molecule has 0 amide bonds. The second kappa shape index (κ2) is 5.87. The molecule has 94 valence electrons. The van der Waals surface area contributed by atoms with Gasteiger partial charge in [-0.25, -0.2) is 0 Å². The van der Waals surface area contributed by atoms with E-state index in [2.05, 4.69) is 20.7 Å². The molecule has 0 N–H and O–H groups in total. The molecular weight excluding hydrogens is 296 g/mol.